The first kappa shape index (κ1) is 13.5. The number of nitrogens with two attached hydrogens (primary N) is 1. The first-order valence-corrected chi connectivity index (χ1v) is 6.93. The number of para-hydroxylation sites is 1. The van der Waals surface area contributed by atoms with E-state index in [1.54, 1.807) is 4.68 Å². The Hall–Kier alpha value is -2.46. The van der Waals surface area contributed by atoms with Gasteiger partial charge in [0.25, 0.3) is 0 Å². The van der Waals surface area contributed by atoms with Gasteiger partial charge in [0, 0.05) is 11.4 Å². The second-order valence-electron chi connectivity index (χ2n) is 5.17. The van der Waals surface area contributed by atoms with Gasteiger partial charge in [0.15, 0.2) is 0 Å². The molecular weight excluding hydrogens is 262 g/mol. The molecule has 0 aliphatic rings. The molecule has 0 spiro atoms. The van der Waals surface area contributed by atoms with Crippen molar-refractivity contribution in [1.29, 1.82) is 0 Å². The maximum Gasteiger partial charge on any atom is 0.207 e. The van der Waals surface area contributed by atoms with Crippen molar-refractivity contribution in [3.63, 3.8) is 0 Å². The van der Waals surface area contributed by atoms with Crippen LogP contribution in [0.15, 0.2) is 59.5 Å². The van der Waals surface area contributed by atoms with E-state index in [-0.39, 0.29) is 11.5 Å². The van der Waals surface area contributed by atoms with E-state index in [4.69, 9.17) is 5.73 Å². The summed E-state index contributed by atoms with van der Waals surface area (Å²) in [5.41, 5.74) is 9.33. The van der Waals surface area contributed by atoms with Crippen molar-refractivity contribution in [2.45, 2.75) is 19.5 Å². The van der Waals surface area contributed by atoms with Crippen LogP contribution in [0.25, 0.3) is 10.9 Å². The lowest BCUT2D eigenvalue weighted by atomic mass is 10.0. The number of nitrogens with zero attached hydrogens (tertiary/aromatic N) is 2. The van der Waals surface area contributed by atoms with Crippen LogP contribution in [0.2, 0.25) is 0 Å². The molecule has 0 radical (unpaired) electrons. The third kappa shape index (κ3) is 2.58. The van der Waals surface area contributed by atoms with E-state index >= 15 is 0 Å². The largest absolute Gasteiger partial charge is 0.322 e. The molecule has 1 unspecified atom stereocenters. The number of fused-ring (bicyclic) bond motifs is 1. The predicted molar refractivity (Wildman–Crippen MR) is 84.1 cm³/mol. The number of aryl methyl sites for hydroxylation is 1. The lowest BCUT2D eigenvalue weighted by Gasteiger charge is -2.17. The summed E-state index contributed by atoms with van der Waals surface area (Å²) >= 11 is 0. The van der Waals surface area contributed by atoms with Gasteiger partial charge in [-0.3, -0.25) is 9.48 Å². The monoisotopic (exact) mass is 279 g/mol. The van der Waals surface area contributed by atoms with Gasteiger partial charge in [-0.2, -0.15) is 5.10 Å². The zero-order valence-electron chi connectivity index (χ0n) is 11.9. The topological polar surface area (TPSA) is 60.9 Å². The molecule has 1 aromatic heterocycles. The summed E-state index contributed by atoms with van der Waals surface area (Å²) in [6, 6.07) is 15.4. The quantitative estimate of drug-likeness (QED) is 0.801. The van der Waals surface area contributed by atoms with Crippen LogP contribution >= 0.6 is 0 Å². The Labute approximate surface area is 122 Å². The van der Waals surface area contributed by atoms with Crippen LogP contribution in [-0.2, 0) is 6.54 Å². The highest BCUT2D eigenvalue weighted by atomic mass is 16.1. The molecule has 3 aromatic rings. The van der Waals surface area contributed by atoms with Gasteiger partial charge in [-0.05, 0) is 30.2 Å². The number of hydrogen-bond donors (Lipinski definition) is 1. The van der Waals surface area contributed by atoms with Gasteiger partial charge >= 0.3 is 0 Å². The van der Waals surface area contributed by atoms with Crippen molar-refractivity contribution < 1.29 is 0 Å². The van der Waals surface area contributed by atoms with Gasteiger partial charge in [0.1, 0.15) is 0 Å². The van der Waals surface area contributed by atoms with Gasteiger partial charge < -0.3 is 5.73 Å². The molecule has 21 heavy (non-hydrogen) atoms. The van der Waals surface area contributed by atoms with Crippen LogP contribution < -0.4 is 11.2 Å². The Kier molecular flexibility index (Phi) is 3.54. The van der Waals surface area contributed by atoms with Crippen LogP contribution in [0.5, 0.6) is 0 Å². The third-order valence-corrected chi connectivity index (χ3v) is 3.72. The molecule has 0 aliphatic carbocycles. The highest BCUT2D eigenvalue weighted by Crippen LogP contribution is 2.18. The van der Waals surface area contributed by atoms with E-state index in [0.717, 1.165) is 16.6 Å². The van der Waals surface area contributed by atoms with Gasteiger partial charge in [-0.15, -0.1) is 0 Å². The fourth-order valence-corrected chi connectivity index (χ4v) is 2.59. The molecule has 0 bridgehead atoms. The predicted octanol–water partition coefficient (Wildman–Crippen LogP) is 2.40. The number of hydrogen-bond acceptors (Lipinski definition) is 3. The fraction of sp³-hybridized carbons (Fsp3) is 0.176. The SMILES string of the molecule is Cc1ccccc1C(N)Cn1ncc(=O)c2ccccc21. The van der Waals surface area contributed by atoms with Crippen molar-refractivity contribution in [2.24, 2.45) is 5.73 Å². The Morgan fingerprint density at radius 3 is 2.67 bits per heavy atom. The molecule has 4 heteroatoms. The van der Waals surface area contributed by atoms with Gasteiger partial charge in [0.2, 0.25) is 5.43 Å². The average Bonchev–Trinajstić information content (AvgIpc) is 2.51. The molecule has 0 saturated carbocycles. The first-order chi connectivity index (χ1) is 10.2. The van der Waals surface area contributed by atoms with E-state index in [1.165, 1.54) is 6.20 Å². The smallest absolute Gasteiger partial charge is 0.207 e. The number of aromatic nitrogens is 2. The normalized spacial score (nSPS) is 12.5. The van der Waals surface area contributed by atoms with E-state index in [1.807, 2.05) is 55.5 Å². The summed E-state index contributed by atoms with van der Waals surface area (Å²) in [7, 11) is 0. The summed E-state index contributed by atoms with van der Waals surface area (Å²) in [5.74, 6) is 0. The molecule has 4 nitrogen and oxygen atoms in total. The van der Waals surface area contributed by atoms with Gasteiger partial charge in [0.05, 0.1) is 18.3 Å². The van der Waals surface area contributed by atoms with Crippen molar-refractivity contribution in [2.75, 3.05) is 0 Å². The molecule has 0 fully saturated rings. The minimum atomic E-state index is -0.162. The molecule has 3 rings (SSSR count). The Morgan fingerprint density at radius 2 is 1.86 bits per heavy atom. The molecule has 0 saturated heterocycles. The van der Waals surface area contributed by atoms with Gasteiger partial charge in [-0.25, -0.2) is 0 Å². The van der Waals surface area contributed by atoms with Crippen molar-refractivity contribution >= 4 is 10.9 Å². The maximum absolute atomic E-state index is 11.8. The van der Waals surface area contributed by atoms with E-state index in [9.17, 15) is 4.79 Å². The van der Waals surface area contributed by atoms with E-state index in [2.05, 4.69) is 5.10 Å². The summed E-state index contributed by atoms with van der Waals surface area (Å²) in [6.45, 7) is 2.58. The van der Waals surface area contributed by atoms with Crippen LogP contribution in [-0.4, -0.2) is 9.78 Å². The Bertz CT molecular complexity index is 839. The molecule has 2 aromatic carbocycles. The van der Waals surface area contributed by atoms with E-state index < -0.39 is 0 Å². The van der Waals surface area contributed by atoms with Crippen LogP contribution in [0.4, 0.5) is 0 Å². The zero-order chi connectivity index (χ0) is 14.8. The van der Waals surface area contributed by atoms with Crippen LogP contribution in [0.3, 0.4) is 0 Å². The summed E-state index contributed by atoms with van der Waals surface area (Å²) in [6.07, 6.45) is 1.35. The first-order valence-electron chi connectivity index (χ1n) is 6.93. The molecular formula is C17H17N3O. The lowest BCUT2D eigenvalue weighted by molar-refractivity contribution is 0.533. The highest BCUT2D eigenvalue weighted by molar-refractivity contribution is 5.77. The summed E-state index contributed by atoms with van der Waals surface area (Å²) < 4.78 is 1.80. The standard InChI is InChI=1S/C17H17N3O/c1-12-6-2-3-7-13(12)15(18)11-20-16-9-5-4-8-14(16)17(21)10-19-20/h2-10,15H,11,18H2,1H3. The average molecular weight is 279 g/mol. The van der Waals surface area contributed by atoms with Crippen LogP contribution in [0.1, 0.15) is 17.2 Å². The Balaban J connectivity index is 2.01. The number of benzene rings is 2. The van der Waals surface area contributed by atoms with Crippen molar-refractivity contribution in [3.05, 3.63) is 76.1 Å². The van der Waals surface area contributed by atoms with E-state index in [0.29, 0.717) is 11.9 Å². The van der Waals surface area contributed by atoms with Gasteiger partial charge in [-0.1, -0.05) is 36.4 Å². The highest BCUT2D eigenvalue weighted by Gasteiger charge is 2.11. The molecule has 106 valence electrons. The van der Waals surface area contributed by atoms with Crippen molar-refractivity contribution in [1.82, 2.24) is 9.78 Å². The second-order valence-corrected chi connectivity index (χ2v) is 5.17. The lowest BCUT2D eigenvalue weighted by Crippen LogP contribution is -2.22. The Morgan fingerprint density at radius 1 is 1.14 bits per heavy atom. The minimum absolute atomic E-state index is 0.0636. The molecule has 0 amide bonds. The van der Waals surface area contributed by atoms with Crippen LogP contribution in [0, 0.1) is 6.92 Å². The zero-order valence-corrected chi connectivity index (χ0v) is 11.9. The summed E-state index contributed by atoms with van der Waals surface area (Å²) in [4.78, 5) is 11.8. The molecule has 1 heterocycles. The van der Waals surface area contributed by atoms with Crippen molar-refractivity contribution in [3.8, 4) is 0 Å². The maximum atomic E-state index is 11.8. The number of rotatable bonds is 3. The summed E-state index contributed by atoms with van der Waals surface area (Å²) in [5, 5.41) is 4.90. The second kappa shape index (κ2) is 5.50. The molecule has 1 atom stereocenters. The minimum Gasteiger partial charge on any atom is -0.322 e. The molecule has 2 N–H and O–H groups in total. The molecule has 0 aliphatic heterocycles. The fourth-order valence-electron chi connectivity index (χ4n) is 2.59. The third-order valence-electron chi connectivity index (χ3n) is 3.72.